The van der Waals surface area contributed by atoms with E-state index in [0.717, 1.165) is 0 Å². The maximum Gasteiger partial charge on any atom is 0.492 e. The van der Waals surface area contributed by atoms with Gasteiger partial charge in [0.25, 0.3) is 0 Å². The second-order valence-corrected chi connectivity index (χ2v) is 2.95. The molecular weight excluding hydrogens is 187 g/mol. The number of hydrogen-bond acceptors (Lipinski definition) is 5. The van der Waals surface area contributed by atoms with Crippen LogP contribution >= 0.6 is 0 Å². The predicted octanol–water partition coefficient (Wildman–Crippen LogP) is -1.41. The van der Waals surface area contributed by atoms with Gasteiger partial charge >= 0.3 is 7.12 Å². The molecule has 0 unspecified atom stereocenters. The molecule has 1 aliphatic heterocycles. The summed E-state index contributed by atoms with van der Waals surface area (Å²) in [5.41, 5.74) is 0.765. The number of aliphatic hydroxyl groups excluding tert-OH is 1. The van der Waals surface area contributed by atoms with Gasteiger partial charge < -0.3 is 24.6 Å². The minimum atomic E-state index is -1.63. The van der Waals surface area contributed by atoms with E-state index in [0.29, 0.717) is 17.1 Å². The van der Waals surface area contributed by atoms with Crippen molar-refractivity contribution in [2.45, 2.75) is 6.61 Å². The van der Waals surface area contributed by atoms with Crippen LogP contribution in [0.3, 0.4) is 0 Å². The molecule has 3 N–H and O–H groups in total. The van der Waals surface area contributed by atoms with Crippen molar-refractivity contribution in [3.63, 3.8) is 0 Å². The van der Waals surface area contributed by atoms with Gasteiger partial charge in [0, 0.05) is 5.46 Å². The lowest BCUT2D eigenvalue weighted by molar-refractivity contribution is 0.174. The Hall–Kier alpha value is -1.24. The topological polar surface area (TPSA) is 79.2 Å². The lowest BCUT2D eigenvalue weighted by Crippen LogP contribution is -2.31. The predicted molar refractivity (Wildman–Crippen MR) is 48.3 cm³/mol. The van der Waals surface area contributed by atoms with E-state index in [-0.39, 0.29) is 18.9 Å². The van der Waals surface area contributed by atoms with Crippen molar-refractivity contribution in [1.29, 1.82) is 0 Å². The quantitative estimate of drug-likeness (QED) is 0.506. The summed E-state index contributed by atoms with van der Waals surface area (Å²) in [5, 5.41) is 27.0. The number of fused-ring (bicyclic) bond motifs is 1. The molecule has 1 aromatic rings. The van der Waals surface area contributed by atoms with Crippen LogP contribution in [0.4, 0.5) is 0 Å². The number of hydrogen-bond donors (Lipinski definition) is 3. The summed E-state index contributed by atoms with van der Waals surface area (Å²) < 4.78 is 10.1. The second-order valence-electron chi connectivity index (χ2n) is 2.95. The van der Waals surface area contributed by atoms with Crippen LogP contribution in [0.15, 0.2) is 12.1 Å². The van der Waals surface area contributed by atoms with Crippen molar-refractivity contribution in [2.75, 3.05) is 6.79 Å². The highest BCUT2D eigenvalue weighted by atomic mass is 16.7. The molecule has 0 atom stereocenters. The average Bonchev–Trinajstić information content (AvgIpc) is 2.63. The molecule has 0 aliphatic carbocycles. The van der Waals surface area contributed by atoms with E-state index in [1.165, 1.54) is 6.07 Å². The SMILES string of the molecule is OCc1cc2c(c(B(O)O)c1)OCO2. The smallest absolute Gasteiger partial charge is 0.454 e. The normalized spacial score (nSPS) is 13.1. The molecule has 1 aromatic carbocycles. The van der Waals surface area contributed by atoms with Gasteiger partial charge in [-0.3, -0.25) is 0 Å². The fourth-order valence-corrected chi connectivity index (χ4v) is 1.38. The van der Waals surface area contributed by atoms with Gasteiger partial charge in [0.2, 0.25) is 6.79 Å². The molecule has 0 amide bonds. The summed E-state index contributed by atoms with van der Waals surface area (Å²) in [6.07, 6.45) is 0. The van der Waals surface area contributed by atoms with Gasteiger partial charge in [-0.2, -0.15) is 0 Å². The lowest BCUT2D eigenvalue weighted by atomic mass is 9.78. The van der Waals surface area contributed by atoms with E-state index >= 15 is 0 Å². The van der Waals surface area contributed by atoms with Gasteiger partial charge in [0.15, 0.2) is 11.5 Å². The molecule has 0 aromatic heterocycles. The lowest BCUT2D eigenvalue weighted by Gasteiger charge is -2.06. The molecule has 1 heterocycles. The van der Waals surface area contributed by atoms with E-state index in [1.807, 2.05) is 0 Å². The largest absolute Gasteiger partial charge is 0.492 e. The van der Waals surface area contributed by atoms with Crippen LogP contribution in [0, 0.1) is 0 Å². The molecule has 14 heavy (non-hydrogen) atoms. The van der Waals surface area contributed by atoms with Crippen molar-refractivity contribution in [3.05, 3.63) is 17.7 Å². The zero-order valence-corrected chi connectivity index (χ0v) is 7.30. The number of benzene rings is 1. The molecule has 0 fully saturated rings. The van der Waals surface area contributed by atoms with E-state index in [2.05, 4.69) is 0 Å². The van der Waals surface area contributed by atoms with Crippen molar-refractivity contribution in [2.24, 2.45) is 0 Å². The molecule has 1 aliphatic rings. The minimum absolute atomic E-state index is 0.0595. The van der Waals surface area contributed by atoms with Crippen LogP contribution in [0.25, 0.3) is 0 Å². The first-order valence-electron chi connectivity index (χ1n) is 4.12. The van der Waals surface area contributed by atoms with Crippen LogP contribution in [0.5, 0.6) is 11.5 Å². The van der Waals surface area contributed by atoms with Crippen LogP contribution in [0.1, 0.15) is 5.56 Å². The van der Waals surface area contributed by atoms with Crippen molar-refractivity contribution < 1.29 is 24.6 Å². The Labute approximate surface area is 80.7 Å². The summed E-state index contributed by atoms with van der Waals surface area (Å²) in [6, 6.07) is 3.08. The highest BCUT2D eigenvalue weighted by molar-refractivity contribution is 6.60. The van der Waals surface area contributed by atoms with Gasteiger partial charge in [-0.15, -0.1) is 0 Å². The maximum absolute atomic E-state index is 9.05. The molecular formula is C8H9BO5. The Morgan fingerprint density at radius 1 is 1.29 bits per heavy atom. The number of rotatable bonds is 2. The Balaban J connectivity index is 2.52. The van der Waals surface area contributed by atoms with E-state index < -0.39 is 7.12 Å². The molecule has 0 spiro atoms. The van der Waals surface area contributed by atoms with Crippen LogP contribution in [-0.4, -0.2) is 29.1 Å². The molecule has 2 rings (SSSR count). The first-order valence-corrected chi connectivity index (χ1v) is 4.12. The summed E-state index contributed by atoms with van der Waals surface area (Å²) in [5.74, 6) is 0.761. The third kappa shape index (κ3) is 1.43. The Bertz CT molecular complexity index is 352. The molecule has 74 valence electrons. The zero-order chi connectivity index (χ0) is 10.1. The third-order valence-electron chi connectivity index (χ3n) is 2.02. The molecule has 0 radical (unpaired) electrons. The second kappa shape index (κ2) is 3.49. The first kappa shape index (κ1) is 9.33. The Kier molecular flexibility index (Phi) is 2.32. The highest BCUT2D eigenvalue weighted by Gasteiger charge is 2.25. The van der Waals surface area contributed by atoms with Crippen LogP contribution in [0.2, 0.25) is 0 Å². The monoisotopic (exact) mass is 196 g/mol. The molecule has 0 bridgehead atoms. The Morgan fingerprint density at radius 3 is 2.71 bits per heavy atom. The molecule has 0 saturated carbocycles. The van der Waals surface area contributed by atoms with Crippen LogP contribution in [-0.2, 0) is 6.61 Å². The number of ether oxygens (including phenoxy) is 2. The standard InChI is InChI=1S/C8H9BO5/c10-3-5-1-6(9(11)12)8-7(2-5)13-4-14-8/h1-2,10-12H,3-4H2. The van der Waals surface area contributed by atoms with Crippen molar-refractivity contribution >= 4 is 12.6 Å². The van der Waals surface area contributed by atoms with E-state index in [1.54, 1.807) is 6.07 Å². The van der Waals surface area contributed by atoms with Gasteiger partial charge in [-0.25, -0.2) is 0 Å². The van der Waals surface area contributed by atoms with Crippen LogP contribution < -0.4 is 14.9 Å². The average molecular weight is 196 g/mol. The minimum Gasteiger partial charge on any atom is -0.454 e. The van der Waals surface area contributed by atoms with Gasteiger partial charge in [-0.1, -0.05) is 6.07 Å². The van der Waals surface area contributed by atoms with Gasteiger partial charge in [0.1, 0.15) is 0 Å². The maximum atomic E-state index is 9.05. The van der Waals surface area contributed by atoms with Crippen molar-refractivity contribution in [3.8, 4) is 11.5 Å². The summed E-state index contributed by atoms with van der Waals surface area (Å²) in [6.45, 7) is -0.125. The number of aliphatic hydroxyl groups is 1. The summed E-state index contributed by atoms with van der Waals surface area (Å²) >= 11 is 0. The molecule has 0 saturated heterocycles. The summed E-state index contributed by atoms with van der Waals surface area (Å²) in [4.78, 5) is 0. The fraction of sp³-hybridized carbons (Fsp3) is 0.250. The summed E-state index contributed by atoms with van der Waals surface area (Å²) in [7, 11) is -1.63. The van der Waals surface area contributed by atoms with Gasteiger partial charge in [-0.05, 0) is 11.6 Å². The van der Waals surface area contributed by atoms with E-state index in [9.17, 15) is 0 Å². The highest BCUT2D eigenvalue weighted by Crippen LogP contribution is 2.31. The first-order chi connectivity index (χ1) is 6.72. The fourth-order valence-electron chi connectivity index (χ4n) is 1.38. The molecule has 6 heteroatoms. The zero-order valence-electron chi connectivity index (χ0n) is 7.30. The third-order valence-corrected chi connectivity index (χ3v) is 2.02. The molecule has 5 nitrogen and oxygen atoms in total. The Morgan fingerprint density at radius 2 is 2.07 bits per heavy atom. The van der Waals surface area contributed by atoms with E-state index in [4.69, 9.17) is 24.6 Å². The van der Waals surface area contributed by atoms with Crippen molar-refractivity contribution in [1.82, 2.24) is 0 Å². The van der Waals surface area contributed by atoms with Gasteiger partial charge in [0.05, 0.1) is 6.61 Å².